The highest BCUT2D eigenvalue weighted by Crippen LogP contribution is 2.28. The second-order valence-electron chi connectivity index (χ2n) is 6.12. The first-order valence-electron chi connectivity index (χ1n) is 7.14. The van der Waals surface area contributed by atoms with Crippen molar-refractivity contribution in [3.8, 4) is 11.5 Å². The Labute approximate surface area is 127 Å². The Kier molecular flexibility index (Phi) is 6.34. The number of anilines is 1. The van der Waals surface area contributed by atoms with Crippen LogP contribution in [0.25, 0.3) is 0 Å². The number of nitrogens with one attached hydrogen (secondary N) is 1. The van der Waals surface area contributed by atoms with Crippen LogP contribution in [0.2, 0.25) is 0 Å². The van der Waals surface area contributed by atoms with Crippen molar-refractivity contribution in [2.24, 2.45) is 16.1 Å². The molecule has 0 aliphatic rings. The summed E-state index contributed by atoms with van der Waals surface area (Å²) in [5.41, 5.74) is 6.98. The molecular formula is C16H27N3O2. The number of methoxy groups -OCH3 is 2. The first kappa shape index (κ1) is 17.1. The summed E-state index contributed by atoms with van der Waals surface area (Å²) >= 11 is 0. The molecule has 1 aromatic rings. The molecule has 0 bridgehead atoms. The second kappa shape index (κ2) is 7.76. The van der Waals surface area contributed by atoms with Crippen LogP contribution in [0, 0.1) is 5.41 Å². The zero-order valence-corrected chi connectivity index (χ0v) is 13.7. The molecule has 3 N–H and O–H groups in total. The highest BCUT2D eigenvalue weighted by atomic mass is 16.5. The quantitative estimate of drug-likeness (QED) is 0.480. The Morgan fingerprint density at radius 1 is 1.24 bits per heavy atom. The van der Waals surface area contributed by atoms with E-state index < -0.39 is 0 Å². The van der Waals surface area contributed by atoms with Crippen LogP contribution in [-0.4, -0.2) is 26.7 Å². The standard InChI is InChI=1S/C16H27N3O2/c1-16(2,3)9-6-10-18-15(17)19-13-11-12(20-4)7-8-14(13)21-5/h7-8,11H,6,9-10H2,1-5H3,(H3,17,18,19). The normalized spacial score (nSPS) is 12.1. The minimum absolute atomic E-state index is 0.327. The number of nitrogens with zero attached hydrogens (tertiary/aromatic N) is 1. The molecule has 1 aromatic carbocycles. The van der Waals surface area contributed by atoms with Gasteiger partial charge in [0.1, 0.15) is 11.5 Å². The largest absolute Gasteiger partial charge is 0.497 e. The zero-order valence-electron chi connectivity index (χ0n) is 13.7. The van der Waals surface area contributed by atoms with Crippen LogP contribution in [-0.2, 0) is 0 Å². The molecule has 118 valence electrons. The molecule has 0 fully saturated rings. The van der Waals surface area contributed by atoms with Gasteiger partial charge in [0, 0.05) is 12.6 Å². The summed E-state index contributed by atoms with van der Waals surface area (Å²) in [6.45, 7) is 7.38. The highest BCUT2D eigenvalue weighted by Gasteiger charge is 2.09. The van der Waals surface area contributed by atoms with Crippen LogP contribution >= 0.6 is 0 Å². The fourth-order valence-electron chi connectivity index (χ4n) is 1.90. The Balaban J connectivity index is 2.62. The maximum atomic E-state index is 5.91. The number of ether oxygens (including phenoxy) is 2. The number of aliphatic imine (C=N–C) groups is 1. The topological polar surface area (TPSA) is 68.9 Å². The van der Waals surface area contributed by atoms with E-state index in [1.807, 2.05) is 18.2 Å². The molecule has 0 atom stereocenters. The molecule has 0 spiro atoms. The average molecular weight is 293 g/mol. The molecule has 5 nitrogen and oxygen atoms in total. The molecule has 0 saturated heterocycles. The van der Waals surface area contributed by atoms with Crippen molar-refractivity contribution >= 4 is 11.6 Å². The predicted molar refractivity (Wildman–Crippen MR) is 88.3 cm³/mol. The number of guanidine groups is 1. The van der Waals surface area contributed by atoms with E-state index in [-0.39, 0.29) is 0 Å². The summed E-state index contributed by atoms with van der Waals surface area (Å²) in [4.78, 5) is 4.34. The minimum atomic E-state index is 0.327. The Morgan fingerprint density at radius 2 is 1.95 bits per heavy atom. The smallest absolute Gasteiger partial charge is 0.193 e. The summed E-state index contributed by atoms with van der Waals surface area (Å²) in [6, 6.07) is 5.49. The fraction of sp³-hybridized carbons (Fsp3) is 0.562. The van der Waals surface area contributed by atoms with Crippen LogP contribution in [0.1, 0.15) is 33.6 Å². The van der Waals surface area contributed by atoms with Crippen molar-refractivity contribution < 1.29 is 9.47 Å². The van der Waals surface area contributed by atoms with Gasteiger partial charge in [-0.05, 0) is 30.4 Å². The summed E-state index contributed by atoms with van der Waals surface area (Å²) in [6.07, 6.45) is 2.13. The van der Waals surface area contributed by atoms with Crippen LogP contribution in [0.3, 0.4) is 0 Å². The van der Waals surface area contributed by atoms with Gasteiger partial charge in [0.25, 0.3) is 0 Å². The molecule has 0 unspecified atom stereocenters. The molecule has 0 amide bonds. The molecular weight excluding hydrogens is 266 g/mol. The molecule has 5 heteroatoms. The number of benzene rings is 1. The van der Waals surface area contributed by atoms with Gasteiger partial charge in [-0.15, -0.1) is 0 Å². The Morgan fingerprint density at radius 3 is 2.52 bits per heavy atom. The van der Waals surface area contributed by atoms with E-state index in [2.05, 4.69) is 31.1 Å². The number of hydrogen-bond donors (Lipinski definition) is 2. The summed E-state index contributed by atoms with van der Waals surface area (Å²) in [5.74, 6) is 1.82. The van der Waals surface area contributed by atoms with Crippen LogP contribution < -0.4 is 20.5 Å². The van der Waals surface area contributed by atoms with Gasteiger partial charge >= 0.3 is 0 Å². The number of rotatable bonds is 6. The molecule has 0 saturated carbocycles. The first-order valence-corrected chi connectivity index (χ1v) is 7.14. The van der Waals surface area contributed by atoms with E-state index in [9.17, 15) is 0 Å². The molecule has 0 heterocycles. The summed E-state index contributed by atoms with van der Waals surface area (Å²) in [7, 11) is 3.24. The lowest BCUT2D eigenvalue weighted by Gasteiger charge is -2.17. The van der Waals surface area contributed by atoms with E-state index in [0.717, 1.165) is 24.3 Å². The van der Waals surface area contributed by atoms with Gasteiger partial charge in [-0.2, -0.15) is 0 Å². The first-order chi connectivity index (χ1) is 9.85. The zero-order chi connectivity index (χ0) is 15.9. The summed E-state index contributed by atoms with van der Waals surface area (Å²) in [5, 5.41) is 3.06. The van der Waals surface area contributed by atoms with Gasteiger partial charge in [-0.3, -0.25) is 4.99 Å². The molecule has 0 aromatic heterocycles. The fourth-order valence-corrected chi connectivity index (χ4v) is 1.90. The maximum absolute atomic E-state index is 5.91. The monoisotopic (exact) mass is 293 g/mol. The summed E-state index contributed by atoms with van der Waals surface area (Å²) < 4.78 is 10.5. The van der Waals surface area contributed by atoms with Gasteiger partial charge in [-0.1, -0.05) is 20.8 Å². The van der Waals surface area contributed by atoms with E-state index in [1.54, 1.807) is 14.2 Å². The van der Waals surface area contributed by atoms with E-state index >= 15 is 0 Å². The lowest BCUT2D eigenvalue weighted by molar-refractivity contribution is 0.368. The van der Waals surface area contributed by atoms with E-state index in [0.29, 0.717) is 23.7 Å². The third-order valence-corrected chi connectivity index (χ3v) is 3.04. The Bertz CT molecular complexity index is 479. The SMILES string of the molecule is COc1ccc(OC)c(NC(N)=NCCCC(C)(C)C)c1. The van der Waals surface area contributed by atoms with Crippen molar-refractivity contribution in [2.45, 2.75) is 33.6 Å². The van der Waals surface area contributed by atoms with E-state index in [4.69, 9.17) is 15.2 Å². The van der Waals surface area contributed by atoms with Gasteiger partial charge in [0.05, 0.1) is 19.9 Å². The second-order valence-corrected chi connectivity index (χ2v) is 6.12. The van der Waals surface area contributed by atoms with Crippen LogP contribution in [0.15, 0.2) is 23.2 Å². The maximum Gasteiger partial charge on any atom is 0.193 e. The molecule has 1 rings (SSSR count). The van der Waals surface area contributed by atoms with Crippen molar-refractivity contribution in [3.63, 3.8) is 0 Å². The lowest BCUT2D eigenvalue weighted by Crippen LogP contribution is -2.23. The third-order valence-electron chi connectivity index (χ3n) is 3.04. The Hall–Kier alpha value is -1.91. The molecule has 0 radical (unpaired) electrons. The van der Waals surface area contributed by atoms with Gasteiger partial charge in [-0.25, -0.2) is 0 Å². The minimum Gasteiger partial charge on any atom is -0.497 e. The third kappa shape index (κ3) is 6.38. The van der Waals surface area contributed by atoms with Crippen molar-refractivity contribution in [3.05, 3.63) is 18.2 Å². The molecule has 21 heavy (non-hydrogen) atoms. The highest BCUT2D eigenvalue weighted by molar-refractivity contribution is 5.93. The van der Waals surface area contributed by atoms with Crippen molar-refractivity contribution in [1.29, 1.82) is 0 Å². The van der Waals surface area contributed by atoms with Crippen LogP contribution in [0.5, 0.6) is 11.5 Å². The van der Waals surface area contributed by atoms with Gasteiger partial charge in [0.2, 0.25) is 0 Å². The van der Waals surface area contributed by atoms with Gasteiger partial charge in [0.15, 0.2) is 5.96 Å². The average Bonchev–Trinajstić information content (AvgIpc) is 2.42. The number of hydrogen-bond acceptors (Lipinski definition) is 3. The van der Waals surface area contributed by atoms with Crippen molar-refractivity contribution in [2.75, 3.05) is 26.1 Å². The van der Waals surface area contributed by atoms with E-state index in [1.165, 1.54) is 0 Å². The van der Waals surface area contributed by atoms with Crippen molar-refractivity contribution in [1.82, 2.24) is 0 Å². The van der Waals surface area contributed by atoms with Gasteiger partial charge < -0.3 is 20.5 Å². The van der Waals surface area contributed by atoms with Crippen LogP contribution in [0.4, 0.5) is 5.69 Å². The number of nitrogens with two attached hydrogens (primary N) is 1. The predicted octanol–water partition coefficient (Wildman–Crippen LogP) is 3.26. The lowest BCUT2D eigenvalue weighted by atomic mass is 9.91. The molecule has 0 aliphatic heterocycles. The molecule has 0 aliphatic carbocycles.